The summed E-state index contributed by atoms with van der Waals surface area (Å²) in [6.07, 6.45) is 0.949. The van der Waals surface area contributed by atoms with Gasteiger partial charge >= 0.3 is 0 Å². The van der Waals surface area contributed by atoms with Crippen molar-refractivity contribution in [2.75, 3.05) is 38.3 Å². The molecule has 0 radical (unpaired) electrons. The molecule has 0 bridgehead atoms. The summed E-state index contributed by atoms with van der Waals surface area (Å²) < 4.78 is 29.3. The van der Waals surface area contributed by atoms with Crippen LogP contribution in [0.15, 0.2) is 24.3 Å². The molecule has 0 N–H and O–H groups in total. The molecule has 148 valence electrons. The van der Waals surface area contributed by atoms with Gasteiger partial charge in [0.2, 0.25) is 11.8 Å². The minimum absolute atomic E-state index is 0.0542. The molecule has 2 atom stereocenters. The van der Waals surface area contributed by atoms with Gasteiger partial charge < -0.3 is 14.5 Å². The molecule has 0 spiro atoms. The SMILES string of the molecule is COCC(=O)N1CCN(C(=O)CCc2ccc(C)cc2)[C@H]2CS(=O)(=O)C[C@H]21. The maximum absolute atomic E-state index is 12.8. The number of aryl methyl sites for hydroxylation is 2. The number of piperazine rings is 1. The molecule has 2 fully saturated rings. The molecule has 2 amide bonds. The van der Waals surface area contributed by atoms with Crippen molar-refractivity contribution in [3.05, 3.63) is 35.4 Å². The van der Waals surface area contributed by atoms with Gasteiger partial charge in [-0.05, 0) is 18.9 Å². The average molecular weight is 394 g/mol. The molecule has 0 unspecified atom stereocenters. The smallest absolute Gasteiger partial charge is 0.248 e. The van der Waals surface area contributed by atoms with Gasteiger partial charge in [-0.15, -0.1) is 0 Å². The van der Waals surface area contributed by atoms with E-state index >= 15 is 0 Å². The summed E-state index contributed by atoms with van der Waals surface area (Å²) >= 11 is 0. The number of ether oxygens (including phenoxy) is 1. The van der Waals surface area contributed by atoms with Gasteiger partial charge in [-0.1, -0.05) is 29.8 Å². The van der Waals surface area contributed by atoms with Crippen LogP contribution in [0, 0.1) is 6.92 Å². The Morgan fingerprint density at radius 2 is 1.59 bits per heavy atom. The summed E-state index contributed by atoms with van der Waals surface area (Å²) in [5.74, 6) is -0.447. The molecular weight excluding hydrogens is 368 g/mol. The number of nitrogens with zero attached hydrogens (tertiary/aromatic N) is 2. The Kier molecular flexibility index (Phi) is 5.86. The van der Waals surface area contributed by atoms with E-state index in [0.29, 0.717) is 25.9 Å². The number of methoxy groups -OCH3 is 1. The van der Waals surface area contributed by atoms with Gasteiger partial charge in [0.05, 0.1) is 23.6 Å². The van der Waals surface area contributed by atoms with E-state index in [-0.39, 0.29) is 29.9 Å². The number of rotatable bonds is 5. The quantitative estimate of drug-likeness (QED) is 0.722. The predicted octanol–water partition coefficient (Wildman–Crippen LogP) is 0.410. The summed E-state index contributed by atoms with van der Waals surface area (Å²) in [6, 6.07) is 7.10. The van der Waals surface area contributed by atoms with Crippen LogP contribution in [0.3, 0.4) is 0 Å². The molecule has 3 rings (SSSR count). The molecule has 8 heteroatoms. The third kappa shape index (κ3) is 4.50. The van der Waals surface area contributed by atoms with E-state index in [9.17, 15) is 18.0 Å². The van der Waals surface area contributed by atoms with Crippen LogP contribution in [0.1, 0.15) is 17.5 Å². The minimum atomic E-state index is -3.28. The van der Waals surface area contributed by atoms with E-state index in [2.05, 4.69) is 0 Å². The van der Waals surface area contributed by atoms with Crippen LogP contribution in [-0.4, -0.2) is 80.4 Å². The third-order valence-corrected chi connectivity index (χ3v) is 7.03. The average Bonchev–Trinajstić information content (AvgIpc) is 2.95. The number of carbonyl (C=O) groups excluding carboxylic acids is 2. The van der Waals surface area contributed by atoms with Crippen LogP contribution in [-0.2, 0) is 30.6 Å². The van der Waals surface area contributed by atoms with Crippen LogP contribution in [0.5, 0.6) is 0 Å². The lowest BCUT2D eigenvalue weighted by atomic mass is 10.0. The summed E-state index contributed by atoms with van der Waals surface area (Å²) in [5, 5.41) is 0. The zero-order valence-electron chi connectivity index (χ0n) is 15.8. The summed E-state index contributed by atoms with van der Waals surface area (Å²) in [5.41, 5.74) is 2.25. The van der Waals surface area contributed by atoms with E-state index < -0.39 is 21.9 Å². The first-order valence-electron chi connectivity index (χ1n) is 9.14. The fourth-order valence-corrected chi connectivity index (χ4v) is 5.91. The van der Waals surface area contributed by atoms with Crippen molar-refractivity contribution in [1.82, 2.24) is 9.80 Å². The van der Waals surface area contributed by atoms with Crippen LogP contribution in [0.25, 0.3) is 0 Å². The molecule has 0 aromatic heterocycles. The van der Waals surface area contributed by atoms with Crippen molar-refractivity contribution >= 4 is 21.7 Å². The molecule has 2 aliphatic heterocycles. The number of amides is 2. The lowest BCUT2D eigenvalue weighted by Gasteiger charge is -2.43. The van der Waals surface area contributed by atoms with Gasteiger partial charge in [-0.2, -0.15) is 0 Å². The number of hydrogen-bond acceptors (Lipinski definition) is 5. The number of fused-ring (bicyclic) bond motifs is 1. The van der Waals surface area contributed by atoms with Gasteiger partial charge in [-0.25, -0.2) is 8.42 Å². The summed E-state index contributed by atoms with van der Waals surface area (Å²) in [4.78, 5) is 28.3. The summed E-state index contributed by atoms with van der Waals surface area (Å²) in [6.45, 7) is 2.64. The lowest BCUT2D eigenvalue weighted by Crippen LogP contribution is -2.62. The number of carbonyl (C=O) groups is 2. The van der Waals surface area contributed by atoms with Crippen LogP contribution >= 0.6 is 0 Å². The zero-order valence-corrected chi connectivity index (χ0v) is 16.6. The molecule has 0 aliphatic carbocycles. The second-order valence-corrected chi connectivity index (χ2v) is 9.46. The number of sulfone groups is 1. The zero-order chi connectivity index (χ0) is 19.6. The Morgan fingerprint density at radius 3 is 2.15 bits per heavy atom. The normalized spacial score (nSPS) is 23.9. The highest BCUT2D eigenvalue weighted by Gasteiger charge is 2.49. The molecule has 27 heavy (non-hydrogen) atoms. The van der Waals surface area contributed by atoms with Crippen molar-refractivity contribution in [3.63, 3.8) is 0 Å². The van der Waals surface area contributed by atoms with Gasteiger partial charge in [0.15, 0.2) is 9.84 Å². The molecule has 1 aromatic rings. The molecule has 2 heterocycles. The second-order valence-electron chi connectivity index (χ2n) is 7.30. The molecule has 2 aliphatic rings. The fourth-order valence-electron chi connectivity index (χ4n) is 3.93. The van der Waals surface area contributed by atoms with Crippen molar-refractivity contribution in [2.24, 2.45) is 0 Å². The Morgan fingerprint density at radius 1 is 1.04 bits per heavy atom. The maximum atomic E-state index is 12.8. The highest BCUT2D eigenvalue weighted by atomic mass is 32.2. The largest absolute Gasteiger partial charge is 0.375 e. The van der Waals surface area contributed by atoms with Crippen molar-refractivity contribution in [3.8, 4) is 0 Å². The highest BCUT2D eigenvalue weighted by Crippen LogP contribution is 2.28. The van der Waals surface area contributed by atoms with Crippen LogP contribution in [0.4, 0.5) is 0 Å². The van der Waals surface area contributed by atoms with Crippen LogP contribution in [0.2, 0.25) is 0 Å². The van der Waals surface area contributed by atoms with E-state index in [0.717, 1.165) is 5.56 Å². The Balaban J connectivity index is 1.69. The number of hydrogen-bond donors (Lipinski definition) is 0. The van der Waals surface area contributed by atoms with E-state index in [1.54, 1.807) is 9.80 Å². The highest BCUT2D eigenvalue weighted by molar-refractivity contribution is 7.91. The number of benzene rings is 1. The van der Waals surface area contributed by atoms with Gasteiger partial charge in [0.25, 0.3) is 0 Å². The monoisotopic (exact) mass is 394 g/mol. The first-order valence-corrected chi connectivity index (χ1v) is 11.0. The van der Waals surface area contributed by atoms with Gasteiger partial charge in [-0.3, -0.25) is 9.59 Å². The first kappa shape index (κ1) is 19.8. The molecule has 0 saturated carbocycles. The minimum Gasteiger partial charge on any atom is -0.375 e. The lowest BCUT2D eigenvalue weighted by molar-refractivity contribution is -0.147. The standard InChI is InChI=1S/C19H26N2O5S/c1-14-3-5-15(6-4-14)7-8-18(22)20-9-10-21(19(23)11-26-2)17-13-27(24,25)12-16(17)20/h3-6,16-17H,7-13H2,1-2H3/t16-,17+/m0/s1. The Bertz CT molecular complexity index is 806. The maximum Gasteiger partial charge on any atom is 0.248 e. The first-order chi connectivity index (χ1) is 12.8. The molecule has 1 aromatic carbocycles. The van der Waals surface area contributed by atoms with Crippen molar-refractivity contribution in [2.45, 2.75) is 31.8 Å². The molecular formula is C19H26N2O5S. The Labute approximate surface area is 160 Å². The fraction of sp³-hybridized carbons (Fsp3) is 0.579. The van der Waals surface area contributed by atoms with Crippen LogP contribution < -0.4 is 0 Å². The van der Waals surface area contributed by atoms with Gasteiger partial charge in [0, 0.05) is 26.6 Å². The third-order valence-electron chi connectivity index (χ3n) is 5.33. The van der Waals surface area contributed by atoms with Gasteiger partial charge in [0.1, 0.15) is 6.61 Å². The second kappa shape index (κ2) is 7.98. The van der Waals surface area contributed by atoms with Crippen molar-refractivity contribution in [1.29, 1.82) is 0 Å². The summed E-state index contributed by atoms with van der Waals surface area (Å²) in [7, 11) is -1.84. The molecule has 2 saturated heterocycles. The Hall–Kier alpha value is -1.93. The van der Waals surface area contributed by atoms with Crippen molar-refractivity contribution < 1.29 is 22.7 Å². The topological polar surface area (TPSA) is 84.0 Å². The van der Waals surface area contributed by atoms with E-state index in [4.69, 9.17) is 4.74 Å². The van der Waals surface area contributed by atoms with E-state index in [1.807, 2.05) is 31.2 Å². The van der Waals surface area contributed by atoms with E-state index in [1.165, 1.54) is 12.7 Å². The molecule has 7 nitrogen and oxygen atoms in total. The predicted molar refractivity (Wildman–Crippen MR) is 101 cm³/mol.